The maximum Gasteiger partial charge on any atom is 0.105 e. The third kappa shape index (κ3) is 2.74. The average molecular weight is 249 g/mol. The lowest BCUT2D eigenvalue weighted by molar-refractivity contribution is 0.0274. The SMILES string of the molecule is COCC(OC)c1cccc(C2(N)CCCC2)c1. The Labute approximate surface area is 109 Å². The van der Waals surface area contributed by atoms with E-state index < -0.39 is 0 Å². The lowest BCUT2D eigenvalue weighted by Gasteiger charge is -2.25. The molecule has 1 aliphatic carbocycles. The van der Waals surface area contributed by atoms with E-state index in [4.69, 9.17) is 15.2 Å². The highest BCUT2D eigenvalue weighted by Gasteiger charge is 2.31. The van der Waals surface area contributed by atoms with Crippen LogP contribution in [-0.4, -0.2) is 20.8 Å². The van der Waals surface area contributed by atoms with Crippen LogP contribution in [0, 0.1) is 0 Å². The standard InChI is InChI=1S/C15H23NO2/c1-17-11-14(18-2)12-6-5-7-13(10-12)15(16)8-3-4-9-15/h5-7,10,14H,3-4,8-9,11,16H2,1-2H3. The van der Waals surface area contributed by atoms with Crippen molar-refractivity contribution in [3.8, 4) is 0 Å². The number of rotatable bonds is 5. The van der Waals surface area contributed by atoms with Crippen LogP contribution in [-0.2, 0) is 15.0 Å². The molecule has 1 fully saturated rings. The Morgan fingerprint density at radius 2 is 2.00 bits per heavy atom. The fourth-order valence-corrected chi connectivity index (χ4v) is 2.79. The molecule has 0 bridgehead atoms. The average Bonchev–Trinajstić information content (AvgIpc) is 2.84. The van der Waals surface area contributed by atoms with Crippen molar-refractivity contribution in [1.29, 1.82) is 0 Å². The summed E-state index contributed by atoms with van der Waals surface area (Å²) in [6.07, 6.45) is 4.61. The molecule has 0 aliphatic heterocycles. The summed E-state index contributed by atoms with van der Waals surface area (Å²) >= 11 is 0. The third-order valence-corrected chi connectivity index (χ3v) is 3.93. The molecule has 3 nitrogen and oxygen atoms in total. The summed E-state index contributed by atoms with van der Waals surface area (Å²) in [5.74, 6) is 0. The minimum Gasteiger partial charge on any atom is -0.382 e. The van der Waals surface area contributed by atoms with Crippen molar-refractivity contribution in [1.82, 2.24) is 0 Å². The van der Waals surface area contributed by atoms with Crippen LogP contribution in [0.1, 0.15) is 42.9 Å². The minimum absolute atomic E-state index is 0.0139. The first-order valence-electron chi connectivity index (χ1n) is 6.60. The Bertz CT molecular complexity index is 386. The highest BCUT2D eigenvalue weighted by atomic mass is 16.5. The molecule has 0 heterocycles. The van der Waals surface area contributed by atoms with Gasteiger partial charge in [0.25, 0.3) is 0 Å². The van der Waals surface area contributed by atoms with Gasteiger partial charge in [0.05, 0.1) is 6.61 Å². The fraction of sp³-hybridized carbons (Fsp3) is 0.600. The van der Waals surface area contributed by atoms with E-state index in [1.807, 2.05) is 0 Å². The van der Waals surface area contributed by atoms with Crippen molar-refractivity contribution in [2.24, 2.45) is 5.73 Å². The van der Waals surface area contributed by atoms with Crippen LogP contribution in [0.3, 0.4) is 0 Å². The summed E-state index contributed by atoms with van der Waals surface area (Å²) in [5, 5.41) is 0. The Kier molecular flexibility index (Phi) is 4.38. The highest BCUT2D eigenvalue weighted by molar-refractivity contribution is 5.31. The van der Waals surface area contributed by atoms with Gasteiger partial charge in [-0.3, -0.25) is 0 Å². The summed E-state index contributed by atoms with van der Waals surface area (Å²) in [6.45, 7) is 0.567. The Morgan fingerprint density at radius 3 is 2.61 bits per heavy atom. The van der Waals surface area contributed by atoms with Gasteiger partial charge in [-0.25, -0.2) is 0 Å². The first kappa shape index (κ1) is 13.5. The lowest BCUT2D eigenvalue weighted by atomic mass is 9.88. The summed E-state index contributed by atoms with van der Waals surface area (Å²) in [4.78, 5) is 0. The Balaban J connectivity index is 2.23. The molecule has 2 rings (SSSR count). The summed E-state index contributed by atoms with van der Waals surface area (Å²) < 4.78 is 10.6. The van der Waals surface area contributed by atoms with Crippen molar-refractivity contribution < 1.29 is 9.47 Å². The van der Waals surface area contributed by atoms with Gasteiger partial charge in [0.15, 0.2) is 0 Å². The van der Waals surface area contributed by atoms with E-state index in [0.717, 1.165) is 18.4 Å². The number of hydrogen-bond acceptors (Lipinski definition) is 3. The molecule has 0 amide bonds. The van der Waals surface area contributed by atoms with Crippen molar-refractivity contribution >= 4 is 0 Å². The van der Waals surface area contributed by atoms with Gasteiger partial charge >= 0.3 is 0 Å². The maximum atomic E-state index is 6.49. The second-order valence-electron chi connectivity index (χ2n) is 5.17. The van der Waals surface area contributed by atoms with Gasteiger partial charge in [-0.15, -0.1) is 0 Å². The van der Waals surface area contributed by atoms with Gasteiger partial charge < -0.3 is 15.2 Å². The van der Waals surface area contributed by atoms with E-state index in [0.29, 0.717) is 6.61 Å². The minimum atomic E-state index is -0.138. The second-order valence-corrected chi connectivity index (χ2v) is 5.17. The third-order valence-electron chi connectivity index (χ3n) is 3.93. The first-order chi connectivity index (χ1) is 8.69. The molecule has 1 aliphatic rings. The summed E-state index contributed by atoms with van der Waals surface area (Å²) in [7, 11) is 3.40. The molecule has 18 heavy (non-hydrogen) atoms. The molecule has 1 atom stereocenters. The quantitative estimate of drug-likeness (QED) is 0.872. The van der Waals surface area contributed by atoms with E-state index in [2.05, 4.69) is 24.3 Å². The largest absolute Gasteiger partial charge is 0.382 e. The molecule has 100 valence electrons. The van der Waals surface area contributed by atoms with E-state index >= 15 is 0 Å². The topological polar surface area (TPSA) is 44.5 Å². The zero-order chi connectivity index (χ0) is 13.0. The molecule has 0 saturated heterocycles. The Morgan fingerprint density at radius 1 is 1.28 bits per heavy atom. The van der Waals surface area contributed by atoms with Crippen LogP contribution in [0.5, 0.6) is 0 Å². The van der Waals surface area contributed by atoms with Crippen molar-refractivity contribution in [3.05, 3.63) is 35.4 Å². The molecule has 1 aromatic carbocycles. The molecule has 3 heteroatoms. The van der Waals surface area contributed by atoms with Crippen molar-refractivity contribution in [3.63, 3.8) is 0 Å². The number of nitrogens with two attached hydrogens (primary N) is 1. The zero-order valence-electron chi connectivity index (χ0n) is 11.3. The molecule has 0 radical (unpaired) electrons. The van der Waals surface area contributed by atoms with Gasteiger partial charge in [-0.2, -0.15) is 0 Å². The predicted octanol–water partition coefficient (Wildman–Crippen LogP) is 2.75. The van der Waals surface area contributed by atoms with E-state index in [1.54, 1.807) is 14.2 Å². The van der Waals surface area contributed by atoms with E-state index in [-0.39, 0.29) is 11.6 Å². The molecular weight excluding hydrogens is 226 g/mol. The zero-order valence-corrected chi connectivity index (χ0v) is 11.3. The van der Waals surface area contributed by atoms with Gasteiger partial charge in [0.2, 0.25) is 0 Å². The normalized spacial score (nSPS) is 19.9. The van der Waals surface area contributed by atoms with E-state index in [1.165, 1.54) is 18.4 Å². The second kappa shape index (κ2) is 5.83. The number of hydrogen-bond donors (Lipinski definition) is 1. The maximum absolute atomic E-state index is 6.49. The van der Waals surface area contributed by atoms with E-state index in [9.17, 15) is 0 Å². The van der Waals surface area contributed by atoms with Crippen LogP contribution in [0.4, 0.5) is 0 Å². The fourth-order valence-electron chi connectivity index (χ4n) is 2.79. The van der Waals surface area contributed by atoms with Crippen molar-refractivity contribution in [2.75, 3.05) is 20.8 Å². The molecule has 0 spiro atoms. The Hall–Kier alpha value is -0.900. The predicted molar refractivity (Wildman–Crippen MR) is 72.4 cm³/mol. The molecule has 1 unspecified atom stereocenters. The van der Waals surface area contributed by atoms with Crippen LogP contribution >= 0.6 is 0 Å². The molecule has 1 saturated carbocycles. The van der Waals surface area contributed by atoms with Crippen LogP contribution in [0.15, 0.2) is 24.3 Å². The number of methoxy groups -OCH3 is 2. The van der Waals surface area contributed by atoms with Crippen LogP contribution < -0.4 is 5.73 Å². The molecular formula is C15H23NO2. The smallest absolute Gasteiger partial charge is 0.105 e. The van der Waals surface area contributed by atoms with Crippen molar-refractivity contribution in [2.45, 2.75) is 37.3 Å². The monoisotopic (exact) mass is 249 g/mol. The van der Waals surface area contributed by atoms with Gasteiger partial charge in [0.1, 0.15) is 6.10 Å². The molecule has 0 aromatic heterocycles. The lowest BCUT2D eigenvalue weighted by Crippen LogP contribution is -2.33. The van der Waals surface area contributed by atoms with Crippen LogP contribution in [0.25, 0.3) is 0 Å². The molecule has 2 N–H and O–H groups in total. The van der Waals surface area contributed by atoms with Gasteiger partial charge in [0, 0.05) is 19.8 Å². The number of ether oxygens (including phenoxy) is 2. The van der Waals surface area contributed by atoms with Gasteiger partial charge in [-0.05, 0) is 24.0 Å². The van der Waals surface area contributed by atoms with Gasteiger partial charge in [-0.1, -0.05) is 37.1 Å². The highest BCUT2D eigenvalue weighted by Crippen LogP contribution is 2.37. The summed E-state index contributed by atoms with van der Waals surface area (Å²) in [5.41, 5.74) is 8.73. The first-order valence-corrected chi connectivity index (χ1v) is 6.60. The van der Waals surface area contributed by atoms with Crippen LogP contribution in [0.2, 0.25) is 0 Å². The summed E-state index contributed by atoms with van der Waals surface area (Å²) in [6, 6.07) is 8.46. The number of benzene rings is 1. The molecule has 1 aromatic rings.